The molecule has 0 saturated carbocycles. The summed E-state index contributed by atoms with van der Waals surface area (Å²) in [6.45, 7) is 6.73. The fourth-order valence-electron chi connectivity index (χ4n) is 3.20. The topological polar surface area (TPSA) is 75.4 Å². The highest BCUT2D eigenvalue weighted by atomic mass is 16.6. The Morgan fingerprint density at radius 1 is 0.821 bits per heavy atom. The van der Waals surface area contributed by atoms with Gasteiger partial charge in [0.2, 0.25) is 11.6 Å². The molecule has 0 radical (unpaired) electrons. The lowest BCUT2D eigenvalue weighted by atomic mass is 10.2. The van der Waals surface area contributed by atoms with Crippen molar-refractivity contribution >= 4 is 28.7 Å². The van der Waals surface area contributed by atoms with Gasteiger partial charge < -0.3 is 9.80 Å². The summed E-state index contributed by atoms with van der Waals surface area (Å²) in [7, 11) is 0. The molecule has 1 aromatic heterocycles. The molecule has 0 bridgehead atoms. The maximum atomic E-state index is 12.1. The first-order chi connectivity index (χ1) is 13.6. The van der Waals surface area contributed by atoms with E-state index in [9.17, 15) is 10.1 Å². The first-order valence-electron chi connectivity index (χ1n) is 9.25. The summed E-state index contributed by atoms with van der Waals surface area (Å²) in [4.78, 5) is 24.3. The van der Waals surface area contributed by atoms with E-state index < -0.39 is 0 Å². The number of aryl methyl sites for hydroxylation is 1. The van der Waals surface area contributed by atoms with Gasteiger partial charge in [0, 0.05) is 24.5 Å². The first kappa shape index (κ1) is 19.3. The van der Waals surface area contributed by atoms with Gasteiger partial charge in [-0.15, -0.1) is 0 Å². The number of hydrogen-bond donors (Lipinski definition) is 0. The van der Waals surface area contributed by atoms with Crippen LogP contribution in [0, 0.1) is 17.0 Å². The lowest BCUT2D eigenvalue weighted by Crippen LogP contribution is -2.24. The summed E-state index contributed by atoms with van der Waals surface area (Å²) < 4.78 is 0. The Bertz CT molecular complexity index is 879. The van der Waals surface area contributed by atoms with Crippen molar-refractivity contribution in [2.75, 3.05) is 22.9 Å². The van der Waals surface area contributed by atoms with Crippen molar-refractivity contribution in [3.63, 3.8) is 0 Å². The van der Waals surface area contributed by atoms with Crippen LogP contribution < -0.4 is 9.80 Å². The highest BCUT2D eigenvalue weighted by Crippen LogP contribution is 2.40. The molecule has 3 rings (SSSR count). The fourth-order valence-corrected chi connectivity index (χ4v) is 3.20. The Kier molecular flexibility index (Phi) is 5.84. The van der Waals surface area contributed by atoms with Gasteiger partial charge in [0.05, 0.1) is 4.92 Å². The first-order valence-corrected chi connectivity index (χ1v) is 9.25. The molecule has 0 unspecified atom stereocenters. The van der Waals surface area contributed by atoms with Crippen LogP contribution in [0.2, 0.25) is 0 Å². The minimum absolute atomic E-state index is 0.0954. The van der Waals surface area contributed by atoms with E-state index in [1.165, 1.54) is 0 Å². The van der Waals surface area contributed by atoms with Crippen molar-refractivity contribution in [2.24, 2.45) is 0 Å². The SMILES string of the molecule is CCN(c1ccccc1)c1nc(C)nc(N(CC)c2ccccc2)c1[N+](=O)[O-]. The van der Waals surface area contributed by atoms with E-state index in [0.717, 1.165) is 11.4 Å². The van der Waals surface area contributed by atoms with E-state index in [0.29, 0.717) is 30.5 Å². The Morgan fingerprint density at radius 2 is 1.21 bits per heavy atom. The monoisotopic (exact) mass is 377 g/mol. The minimum Gasteiger partial charge on any atom is -0.321 e. The van der Waals surface area contributed by atoms with Gasteiger partial charge in [-0.3, -0.25) is 10.1 Å². The summed E-state index contributed by atoms with van der Waals surface area (Å²) >= 11 is 0. The molecular formula is C21H23N5O2. The zero-order valence-corrected chi connectivity index (χ0v) is 16.2. The molecule has 0 spiro atoms. The van der Waals surface area contributed by atoms with E-state index in [4.69, 9.17) is 0 Å². The number of rotatable bonds is 7. The Labute approximate surface area is 164 Å². The van der Waals surface area contributed by atoms with Crippen LogP contribution >= 0.6 is 0 Å². The molecular weight excluding hydrogens is 354 g/mol. The largest absolute Gasteiger partial charge is 0.354 e. The molecule has 0 amide bonds. The third-order valence-electron chi connectivity index (χ3n) is 4.42. The van der Waals surface area contributed by atoms with E-state index in [1.807, 2.05) is 84.3 Å². The quantitative estimate of drug-likeness (QED) is 0.426. The van der Waals surface area contributed by atoms with E-state index in [-0.39, 0.29) is 10.6 Å². The number of anilines is 4. The van der Waals surface area contributed by atoms with Gasteiger partial charge in [-0.25, -0.2) is 9.97 Å². The molecule has 0 aliphatic rings. The molecule has 0 saturated heterocycles. The van der Waals surface area contributed by atoms with Crippen LogP contribution in [0.4, 0.5) is 28.7 Å². The van der Waals surface area contributed by atoms with Gasteiger partial charge in [-0.05, 0) is 45.0 Å². The minimum atomic E-state index is -0.388. The molecule has 0 fully saturated rings. The van der Waals surface area contributed by atoms with Crippen LogP contribution in [0.5, 0.6) is 0 Å². The normalized spacial score (nSPS) is 10.5. The molecule has 144 valence electrons. The van der Waals surface area contributed by atoms with Crippen molar-refractivity contribution in [3.8, 4) is 0 Å². The highest BCUT2D eigenvalue weighted by Gasteiger charge is 2.31. The van der Waals surface area contributed by atoms with Crippen LogP contribution in [0.1, 0.15) is 19.7 Å². The van der Waals surface area contributed by atoms with Gasteiger partial charge in [-0.2, -0.15) is 0 Å². The standard InChI is InChI=1S/C21H23N5O2/c1-4-24(17-12-8-6-9-13-17)20-19(26(27)28)21(23-16(3)22-20)25(5-2)18-14-10-7-11-15-18/h6-15H,4-5H2,1-3H3. The van der Waals surface area contributed by atoms with Crippen LogP contribution in [-0.2, 0) is 0 Å². The van der Waals surface area contributed by atoms with Gasteiger partial charge >= 0.3 is 5.69 Å². The lowest BCUT2D eigenvalue weighted by molar-refractivity contribution is -0.383. The van der Waals surface area contributed by atoms with Crippen molar-refractivity contribution in [1.82, 2.24) is 9.97 Å². The summed E-state index contributed by atoms with van der Waals surface area (Å²) in [6.07, 6.45) is 0. The van der Waals surface area contributed by atoms with Crippen molar-refractivity contribution < 1.29 is 4.92 Å². The van der Waals surface area contributed by atoms with Crippen molar-refractivity contribution in [2.45, 2.75) is 20.8 Å². The second-order valence-corrected chi connectivity index (χ2v) is 6.18. The Hall–Kier alpha value is -3.48. The van der Waals surface area contributed by atoms with Gasteiger partial charge in [0.1, 0.15) is 5.82 Å². The maximum Gasteiger partial charge on any atom is 0.354 e. The average Bonchev–Trinajstić information content (AvgIpc) is 2.70. The number of aromatic nitrogens is 2. The molecule has 0 aliphatic carbocycles. The van der Waals surface area contributed by atoms with Crippen LogP contribution in [0.3, 0.4) is 0 Å². The Balaban J connectivity index is 2.23. The summed E-state index contributed by atoms with van der Waals surface area (Å²) in [5, 5.41) is 12.1. The molecule has 1 heterocycles. The molecule has 2 aromatic carbocycles. The summed E-state index contributed by atoms with van der Waals surface area (Å²) in [5.74, 6) is 1.09. The fraction of sp³-hybridized carbons (Fsp3) is 0.238. The molecule has 0 atom stereocenters. The van der Waals surface area contributed by atoms with Crippen molar-refractivity contribution in [3.05, 3.63) is 76.6 Å². The number of para-hydroxylation sites is 2. The number of benzene rings is 2. The summed E-state index contributed by atoms with van der Waals surface area (Å²) in [5.41, 5.74) is 1.60. The van der Waals surface area contributed by atoms with Crippen LogP contribution in [0.15, 0.2) is 60.7 Å². The third-order valence-corrected chi connectivity index (χ3v) is 4.42. The summed E-state index contributed by atoms with van der Waals surface area (Å²) in [6, 6.07) is 19.1. The highest BCUT2D eigenvalue weighted by molar-refractivity contribution is 5.79. The van der Waals surface area contributed by atoms with E-state index in [2.05, 4.69) is 9.97 Å². The van der Waals surface area contributed by atoms with Crippen LogP contribution in [-0.4, -0.2) is 28.0 Å². The zero-order valence-electron chi connectivity index (χ0n) is 16.2. The molecule has 7 nitrogen and oxygen atoms in total. The number of nitro groups is 1. The molecule has 3 aromatic rings. The number of nitrogens with zero attached hydrogens (tertiary/aromatic N) is 5. The van der Waals surface area contributed by atoms with E-state index >= 15 is 0 Å². The molecule has 0 N–H and O–H groups in total. The smallest absolute Gasteiger partial charge is 0.321 e. The predicted octanol–water partition coefficient (Wildman–Crippen LogP) is 5.01. The Morgan fingerprint density at radius 3 is 1.54 bits per heavy atom. The predicted molar refractivity (Wildman–Crippen MR) is 112 cm³/mol. The number of hydrogen-bond acceptors (Lipinski definition) is 6. The second kappa shape index (κ2) is 8.47. The van der Waals surface area contributed by atoms with E-state index in [1.54, 1.807) is 6.92 Å². The van der Waals surface area contributed by atoms with Crippen LogP contribution in [0.25, 0.3) is 0 Å². The molecule has 28 heavy (non-hydrogen) atoms. The van der Waals surface area contributed by atoms with Crippen molar-refractivity contribution in [1.29, 1.82) is 0 Å². The van der Waals surface area contributed by atoms with Gasteiger partial charge in [-0.1, -0.05) is 36.4 Å². The second-order valence-electron chi connectivity index (χ2n) is 6.18. The average molecular weight is 377 g/mol. The third kappa shape index (κ3) is 3.78. The van der Waals surface area contributed by atoms with Gasteiger partial charge in [0.15, 0.2) is 0 Å². The molecule has 0 aliphatic heterocycles. The van der Waals surface area contributed by atoms with Gasteiger partial charge in [0.25, 0.3) is 0 Å². The maximum absolute atomic E-state index is 12.1. The molecule has 7 heteroatoms. The zero-order chi connectivity index (χ0) is 20.1. The lowest BCUT2D eigenvalue weighted by Gasteiger charge is -2.26.